The molecule has 0 aromatic rings. The Balaban J connectivity index is -0.0000000800. The zero-order valence-corrected chi connectivity index (χ0v) is 4.09. The van der Waals surface area contributed by atoms with Gasteiger partial charge in [0.25, 0.3) is 0 Å². The smallest absolute Gasteiger partial charge is 0.0777 e. The Kier molecular flexibility index (Phi) is 9.55. The van der Waals surface area contributed by atoms with Crippen molar-refractivity contribution in [1.29, 1.82) is 0 Å². The zero-order valence-electron chi connectivity index (χ0n) is 3.33. The summed E-state index contributed by atoms with van der Waals surface area (Å²) in [5.74, 6) is 0. The topological polar surface area (TPSA) is 124 Å². The van der Waals surface area contributed by atoms with Gasteiger partial charge in [0.05, 0.1) is 14.9 Å². The number of rotatable bonds is 0. The van der Waals surface area contributed by atoms with E-state index in [2.05, 4.69) is 0 Å². The Morgan fingerprint density at radius 2 is 1.14 bits per heavy atom. The third-order valence-electron chi connectivity index (χ3n) is 0. The van der Waals surface area contributed by atoms with Gasteiger partial charge in [-0.05, 0) is 7.43 Å². The summed E-state index contributed by atoms with van der Waals surface area (Å²) in [6.45, 7) is 0. The van der Waals surface area contributed by atoms with Gasteiger partial charge in [0.2, 0.25) is 0 Å². The molecule has 0 amide bonds. The summed E-state index contributed by atoms with van der Waals surface area (Å²) in [5.41, 5.74) is 0. The van der Waals surface area contributed by atoms with Crippen LogP contribution in [0.3, 0.4) is 0 Å². The summed E-state index contributed by atoms with van der Waals surface area (Å²) in [5, 5.41) is 0. The highest BCUT2D eigenvalue weighted by molar-refractivity contribution is 3.24. The molecule has 6 heteroatoms. The molecule has 3 radical (unpaired) electrons. The highest BCUT2D eigenvalue weighted by Gasteiger charge is 1.98. The minimum absolute atomic E-state index is 0. The molecular weight excluding hydrogens is 125 g/mol. The van der Waals surface area contributed by atoms with Gasteiger partial charge in [-0.15, -0.1) is 0 Å². The van der Waals surface area contributed by atoms with Crippen molar-refractivity contribution in [3.05, 3.63) is 7.43 Å². The van der Waals surface area contributed by atoms with Crippen LogP contribution in [0.25, 0.3) is 0 Å². The molecular formula is CH5ClNO4. The third-order valence-corrected chi connectivity index (χ3v) is 0. The van der Waals surface area contributed by atoms with Crippen LogP contribution in [0.2, 0.25) is 0 Å². The minimum Gasteiger partial charge on any atom is -0.344 e. The van der Waals surface area contributed by atoms with Gasteiger partial charge in [0.1, 0.15) is 0 Å². The van der Waals surface area contributed by atoms with Crippen molar-refractivity contribution in [2.24, 2.45) is 0 Å². The molecule has 0 saturated carbocycles. The number of hydrogen-bond acceptors (Lipinski definition) is 5. The largest absolute Gasteiger partial charge is 0.344 e. The van der Waals surface area contributed by atoms with Crippen LogP contribution in [0.5, 0.6) is 0 Å². The van der Waals surface area contributed by atoms with Gasteiger partial charge in [-0.25, -0.2) is 0 Å². The quantitative estimate of drug-likeness (QED) is 0.348. The van der Waals surface area contributed by atoms with Gasteiger partial charge < -0.3 is 6.15 Å². The van der Waals surface area contributed by atoms with Gasteiger partial charge in [-0.2, -0.15) is 14.0 Å². The molecule has 0 rings (SSSR count). The second-order valence-electron chi connectivity index (χ2n) is 0.396. The predicted octanol–water partition coefficient (Wildman–Crippen LogP) is -3.76. The molecule has 0 aliphatic carbocycles. The normalized spacial score (nSPS) is 8.57. The lowest BCUT2D eigenvalue weighted by Crippen LogP contribution is -2.58. The maximum atomic E-state index is 8.60. The van der Waals surface area contributed by atoms with E-state index in [9.17, 15) is 0 Å². The molecule has 7 heavy (non-hydrogen) atoms. The maximum Gasteiger partial charge on any atom is 0.0777 e. The summed E-state index contributed by atoms with van der Waals surface area (Å²) < 4.78 is 32.7. The molecule has 0 aromatic heterocycles. The molecule has 0 fully saturated rings. The summed E-state index contributed by atoms with van der Waals surface area (Å²) >= 11 is 0. The van der Waals surface area contributed by atoms with Crippen LogP contribution >= 0.6 is 0 Å². The van der Waals surface area contributed by atoms with Crippen LogP contribution < -0.4 is 20.1 Å². The van der Waals surface area contributed by atoms with Crippen molar-refractivity contribution < 1.29 is 28.9 Å². The van der Waals surface area contributed by atoms with E-state index in [4.69, 9.17) is 18.6 Å². The minimum atomic E-state index is -4.69. The van der Waals surface area contributed by atoms with Crippen molar-refractivity contribution in [3.8, 4) is 0 Å². The van der Waals surface area contributed by atoms with E-state index in [1.54, 1.807) is 0 Å². The van der Waals surface area contributed by atoms with Crippen molar-refractivity contribution in [3.63, 3.8) is 0 Å². The second kappa shape index (κ2) is 4.25. The Morgan fingerprint density at radius 3 is 1.14 bits per heavy atom. The summed E-state index contributed by atoms with van der Waals surface area (Å²) in [6, 6.07) is 0. The molecule has 0 bridgehead atoms. The van der Waals surface area contributed by atoms with E-state index in [0.717, 1.165) is 0 Å². The molecule has 0 unspecified atom stereocenters. The summed E-state index contributed by atoms with van der Waals surface area (Å²) in [4.78, 5) is 0. The first-order valence-electron chi connectivity index (χ1n) is 0.632. The van der Waals surface area contributed by atoms with Crippen LogP contribution in [0, 0.1) is 17.7 Å². The highest BCUT2D eigenvalue weighted by atomic mass is 35.7. The molecule has 5 nitrogen and oxygen atoms in total. The standard InChI is InChI=1S/CH.ClHO4.H3N/c;2-1(3,4)5;/h1H;(H,2,3,4,5);1H3. The van der Waals surface area contributed by atoms with Gasteiger partial charge in [0.15, 0.2) is 0 Å². The summed E-state index contributed by atoms with van der Waals surface area (Å²) in [7, 11) is -4.69. The molecule has 0 aromatic carbocycles. The van der Waals surface area contributed by atoms with E-state index in [1.807, 2.05) is 0 Å². The predicted molar refractivity (Wildman–Crippen MR) is 11.5 cm³/mol. The van der Waals surface area contributed by atoms with E-state index in [1.165, 1.54) is 0 Å². The molecule has 0 heterocycles. The van der Waals surface area contributed by atoms with Crippen LogP contribution in [-0.4, -0.2) is 4.66 Å². The average Bonchev–Trinajstić information content (AvgIpc) is 0.722. The molecule has 0 atom stereocenters. The van der Waals surface area contributed by atoms with Crippen LogP contribution in [0.4, 0.5) is 0 Å². The Hall–Kier alpha value is 0.0900. The van der Waals surface area contributed by atoms with Crippen LogP contribution in [0.1, 0.15) is 0 Å². The van der Waals surface area contributed by atoms with Gasteiger partial charge in [0, 0.05) is 0 Å². The van der Waals surface area contributed by atoms with Crippen molar-refractivity contribution in [2.75, 3.05) is 0 Å². The Bertz CT molecular complexity index is 27.2. The van der Waals surface area contributed by atoms with Crippen LogP contribution in [0.15, 0.2) is 0 Å². The van der Waals surface area contributed by atoms with Gasteiger partial charge in [-0.3, -0.25) is 0 Å². The highest BCUT2D eigenvalue weighted by Crippen LogP contribution is 1.60. The van der Waals surface area contributed by atoms with Crippen molar-refractivity contribution in [2.45, 2.75) is 0 Å². The fraction of sp³-hybridized carbons (Fsp3) is 0. The fourth-order valence-corrected chi connectivity index (χ4v) is 0. The van der Waals surface area contributed by atoms with Crippen LogP contribution in [-0.2, 0) is 0 Å². The molecule has 0 aliphatic rings. The monoisotopic (exact) mass is 130 g/mol. The molecule has 0 saturated heterocycles. The number of halogens is 1. The Labute approximate surface area is 43.5 Å². The lowest BCUT2D eigenvalue weighted by atomic mass is 12.0. The second-order valence-corrected chi connectivity index (χ2v) is 1.19. The maximum absolute atomic E-state index is 8.60. The van der Waals surface area contributed by atoms with E-state index < -0.39 is 10.2 Å². The summed E-state index contributed by atoms with van der Waals surface area (Å²) in [6.07, 6.45) is 0. The molecule has 45 valence electrons. The lowest BCUT2D eigenvalue weighted by molar-refractivity contribution is -1.92. The van der Waals surface area contributed by atoms with Gasteiger partial charge >= 0.3 is 0 Å². The van der Waals surface area contributed by atoms with Crippen molar-refractivity contribution in [1.82, 2.24) is 6.15 Å². The zero-order chi connectivity index (χ0) is 4.50. The van der Waals surface area contributed by atoms with E-state index in [-0.39, 0.29) is 13.6 Å². The molecule has 4 N–H and O–H groups in total. The van der Waals surface area contributed by atoms with E-state index in [0.29, 0.717) is 0 Å². The lowest BCUT2D eigenvalue weighted by Gasteiger charge is -2.03. The first-order valence-corrected chi connectivity index (χ1v) is 1.90. The number of hydrogen-bond donors (Lipinski definition) is 2. The molecule has 0 spiro atoms. The Morgan fingerprint density at radius 1 is 1.14 bits per heavy atom. The third kappa shape index (κ3) is 12600. The molecule has 0 aliphatic heterocycles. The first kappa shape index (κ1) is 15.7. The average molecular weight is 131 g/mol. The van der Waals surface area contributed by atoms with E-state index >= 15 is 0 Å². The first-order chi connectivity index (χ1) is 2.00. The fourth-order valence-electron chi connectivity index (χ4n) is 0. The SMILES string of the molecule is N.[CH].[O-][Cl+3]([O-])([O-])O. The van der Waals surface area contributed by atoms with Crippen molar-refractivity contribution >= 4 is 0 Å². The van der Waals surface area contributed by atoms with Gasteiger partial charge in [-0.1, -0.05) is 0 Å².